The Morgan fingerprint density at radius 2 is 0.896 bits per heavy atom. The first-order chi connectivity index (χ1) is 31.5. The summed E-state index contributed by atoms with van der Waals surface area (Å²) in [5.41, 5.74) is -0.991. The molecule has 0 spiro atoms. The molecular formula is C37H70N9O17P4-. The Bertz CT molecular complexity index is 1930. The molecule has 0 radical (unpaired) electrons. The second-order valence-electron chi connectivity index (χ2n) is 18.1. The molecule has 6 aliphatic heterocycles. The molecule has 0 aliphatic carbocycles. The smallest absolute Gasteiger partial charge is 0.457 e. The van der Waals surface area contributed by atoms with Gasteiger partial charge in [-0.1, -0.05) is 0 Å². The van der Waals surface area contributed by atoms with Crippen molar-refractivity contribution in [3.63, 3.8) is 0 Å². The number of ether oxygens (including phenoxy) is 3. The van der Waals surface area contributed by atoms with Crippen LogP contribution in [0.4, 0.5) is 0 Å². The topological polar surface area (TPSA) is 270 Å². The van der Waals surface area contributed by atoms with Gasteiger partial charge in [0.15, 0.2) is 0 Å². The van der Waals surface area contributed by atoms with Crippen molar-refractivity contribution in [2.45, 2.75) is 88.7 Å². The van der Waals surface area contributed by atoms with Crippen molar-refractivity contribution in [1.29, 1.82) is 0 Å². The van der Waals surface area contributed by atoms with Gasteiger partial charge in [0.1, 0.15) is 18.3 Å². The largest absolute Gasteiger partial charge is 0.756 e. The first kappa shape index (κ1) is 54.5. The van der Waals surface area contributed by atoms with Crippen LogP contribution in [0.5, 0.6) is 0 Å². The van der Waals surface area contributed by atoms with Crippen LogP contribution in [-0.4, -0.2) is 229 Å². The molecule has 6 fully saturated rings. The third kappa shape index (κ3) is 15.4. The molecule has 26 nitrogen and oxygen atoms in total. The Morgan fingerprint density at radius 1 is 0.567 bits per heavy atom. The summed E-state index contributed by atoms with van der Waals surface area (Å²) in [6.45, 7) is 7.46. The lowest BCUT2D eigenvalue weighted by atomic mass is 10.2. The van der Waals surface area contributed by atoms with E-state index < -0.39 is 73.3 Å². The molecule has 30 heteroatoms. The lowest BCUT2D eigenvalue weighted by Crippen LogP contribution is -2.33. The van der Waals surface area contributed by atoms with E-state index in [0.29, 0.717) is 70.2 Å². The van der Waals surface area contributed by atoms with Crippen LogP contribution in [0.1, 0.15) is 46.5 Å². The molecule has 0 aromatic carbocycles. The molecular weight excluding hydrogens is 966 g/mol. The molecule has 6 rings (SSSR count). The molecule has 386 valence electrons. The molecule has 6 saturated heterocycles. The zero-order chi connectivity index (χ0) is 48.8. The number of likely N-dealkylation sites (N-methyl/N-ethyl adjacent to an activating group) is 6. The Balaban J connectivity index is 1.16. The number of phosphoric ester groups is 1. The van der Waals surface area contributed by atoms with E-state index in [1.807, 2.05) is 33.7 Å². The second-order valence-corrected chi connectivity index (χ2v) is 24.3. The van der Waals surface area contributed by atoms with Crippen LogP contribution in [0, 0.1) is 0 Å². The standard InChI is InChI=1S/C37H71N9O17P4/c1-37(2,3)63-67(51,52)57-21-10-20-56-64(48,38-34-41(4)14-15-42(34)5)61-29-12-23-54-32(29)26-59-66(50,40-36-45(8)18-19-46(36)9)62-30-13-24-55-33(30)27-58-65(49,39-35-43(6)16-17-44(35)7)60-28-11-22-53-31(28)25-47/h28-33,47H,10-27H2,1-9H3,(H,51,52)/p-1/t28-,29-,30-,31-,32-,33-,64?,65?,66?/m1/s1. The highest BCUT2D eigenvalue weighted by molar-refractivity contribution is 7.53. The summed E-state index contributed by atoms with van der Waals surface area (Å²) in [7, 11) is -6.91. The molecule has 67 heavy (non-hydrogen) atoms. The van der Waals surface area contributed by atoms with E-state index >= 15 is 0 Å². The Hall–Kier alpha value is -1.79. The van der Waals surface area contributed by atoms with Crippen molar-refractivity contribution in [2.75, 3.05) is 134 Å². The van der Waals surface area contributed by atoms with Gasteiger partial charge in [0.05, 0.1) is 56.9 Å². The van der Waals surface area contributed by atoms with E-state index in [1.54, 1.807) is 58.8 Å². The number of hydrogen-bond acceptors (Lipinski definition) is 17. The number of guanidine groups is 3. The number of aliphatic hydroxyl groups is 1. The SMILES string of the molecule is CN1CCN(C)C1=NP(=O)(OC[C@H]1OCC[C@H]1OP(=O)(N=C1N(C)CCN1C)OC[C@H]1OCC[C@H]1OP(=O)(N=C1N(C)CCN1C)OCCCOP(=O)([O-])OC(C)(C)C)O[C@@H]1CCO[C@@H]1CO. The van der Waals surface area contributed by atoms with Gasteiger partial charge in [0.25, 0.3) is 7.82 Å². The van der Waals surface area contributed by atoms with Gasteiger partial charge in [0.2, 0.25) is 17.9 Å². The van der Waals surface area contributed by atoms with Crippen molar-refractivity contribution in [2.24, 2.45) is 14.3 Å². The van der Waals surface area contributed by atoms with E-state index in [-0.39, 0.29) is 65.5 Å². The van der Waals surface area contributed by atoms with Gasteiger partial charge in [-0.2, -0.15) is 0 Å². The van der Waals surface area contributed by atoms with Crippen molar-refractivity contribution in [1.82, 2.24) is 29.4 Å². The van der Waals surface area contributed by atoms with Crippen LogP contribution in [0.15, 0.2) is 14.3 Å². The fourth-order valence-electron chi connectivity index (χ4n) is 7.76. The third-order valence-corrected chi connectivity index (χ3v) is 17.0. The Kier molecular flexibility index (Phi) is 18.9. The molecule has 6 heterocycles. The lowest BCUT2D eigenvalue weighted by molar-refractivity contribution is -0.233. The number of rotatable bonds is 23. The fourth-order valence-corrected chi connectivity index (χ4v) is 13.7. The molecule has 10 atom stereocenters. The van der Waals surface area contributed by atoms with Crippen molar-refractivity contribution >= 4 is 48.9 Å². The van der Waals surface area contributed by atoms with Gasteiger partial charge < -0.3 is 62.7 Å². The van der Waals surface area contributed by atoms with Gasteiger partial charge in [0, 0.05) is 121 Å². The maximum Gasteiger partial charge on any atom is 0.457 e. The van der Waals surface area contributed by atoms with Crippen molar-refractivity contribution in [3.05, 3.63) is 0 Å². The average Bonchev–Trinajstić information content (AvgIpc) is 4.13. The van der Waals surface area contributed by atoms with E-state index in [4.69, 9.17) is 50.4 Å². The Morgan fingerprint density at radius 3 is 1.25 bits per heavy atom. The first-order valence-corrected chi connectivity index (χ1v) is 28.4. The monoisotopic (exact) mass is 1040 g/mol. The zero-order valence-electron chi connectivity index (χ0n) is 40.0. The predicted molar refractivity (Wildman–Crippen MR) is 243 cm³/mol. The van der Waals surface area contributed by atoms with Gasteiger partial charge >= 0.3 is 23.2 Å². The number of phosphoric acid groups is 1. The zero-order valence-corrected chi connectivity index (χ0v) is 43.6. The highest BCUT2D eigenvalue weighted by Gasteiger charge is 2.45. The van der Waals surface area contributed by atoms with Crippen molar-refractivity contribution in [3.8, 4) is 0 Å². The van der Waals surface area contributed by atoms with E-state index in [2.05, 4.69) is 14.3 Å². The minimum Gasteiger partial charge on any atom is -0.756 e. The minimum atomic E-state index is -4.62. The minimum absolute atomic E-state index is 0.00512. The quantitative estimate of drug-likeness (QED) is 0.114. The highest BCUT2D eigenvalue weighted by atomic mass is 31.2. The third-order valence-electron chi connectivity index (χ3n) is 11.4. The number of aliphatic hydroxyl groups excluding tert-OH is 1. The fraction of sp³-hybridized carbons (Fsp3) is 0.919. The molecule has 4 unspecified atom stereocenters. The molecule has 0 amide bonds. The highest BCUT2D eigenvalue weighted by Crippen LogP contribution is 2.57. The second kappa shape index (κ2) is 23.2. The molecule has 0 aromatic heterocycles. The summed E-state index contributed by atoms with van der Waals surface area (Å²) < 4.78 is 134. The van der Waals surface area contributed by atoms with Gasteiger partial charge in [-0.05, 0) is 27.2 Å². The van der Waals surface area contributed by atoms with Gasteiger partial charge in [-0.15, -0.1) is 14.3 Å². The van der Waals surface area contributed by atoms with Crippen LogP contribution >= 0.6 is 31.1 Å². The van der Waals surface area contributed by atoms with Crippen LogP contribution in [0.3, 0.4) is 0 Å². The van der Waals surface area contributed by atoms with E-state index in [1.165, 1.54) is 0 Å². The summed E-state index contributed by atoms with van der Waals surface area (Å²) in [5.74, 6) is 1.11. The maximum atomic E-state index is 15.0. The van der Waals surface area contributed by atoms with Crippen LogP contribution in [0.2, 0.25) is 0 Å². The van der Waals surface area contributed by atoms with E-state index in [9.17, 15) is 28.3 Å². The first-order valence-electron chi connectivity index (χ1n) is 22.5. The number of hydrogen-bond donors (Lipinski definition) is 1. The number of nitrogens with zero attached hydrogens (tertiary/aromatic N) is 9. The maximum absolute atomic E-state index is 15.0. The Labute approximate surface area is 393 Å². The molecule has 1 N–H and O–H groups in total. The van der Waals surface area contributed by atoms with Crippen LogP contribution < -0.4 is 4.89 Å². The average molecular weight is 1040 g/mol. The molecule has 0 aromatic rings. The summed E-state index contributed by atoms with van der Waals surface area (Å²) >= 11 is 0. The van der Waals surface area contributed by atoms with Gasteiger partial charge in [-0.25, -0.2) is 13.7 Å². The predicted octanol–water partition coefficient (Wildman–Crippen LogP) is 2.26. The molecule has 0 saturated carbocycles. The van der Waals surface area contributed by atoms with E-state index in [0.717, 1.165) is 0 Å². The van der Waals surface area contributed by atoms with Crippen LogP contribution in [-0.2, 0) is 68.7 Å². The van der Waals surface area contributed by atoms with Crippen molar-refractivity contribution < 1.29 is 78.7 Å². The lowest BCUT2D eigenvalue weighted by Gasteiger charge is -2.30. The summed E-state index contributed by atoms with van der Waals surface area (Å²) in [4.78, 5) is 23.1. The van der Waals surface area contributed by atoms with Crippen LogP contribution in [0.25, 0.3) is 0 Å². The molecule has 0 bridgehead atoms. The van der Waals surface area contributed by atoms with Gasteiger partial charge in [-0.3, -0.25) is 31.7 Å². The summed E-state index contributed by atoms with van der Waals surface area (Å²) in [6, 6.07) is 0. The summed E-state index contributed by atoms with van der Waals surface area (Å²) in [5, 5.41) is 9.88. The normalized spacial score (nSPS) is 29.8. The summed E-state index contributed by atoms with van der Waals surface area (Å²) in [6.07, 6.45) is -4.29. The molecule has 6 aliphatic rings.